The Morgan fingerprint density at radius 3 is 2.38 bits per heavy atom. The summed E-state index contributed by atoms with van der Waals surface area (Å²) in [6.07, 6.45) is 2.55. The fraction of sp³-hybridized carbons (Fsp3) is 0.133. The van der Waals surface area contributed by atoms with Gasteiger partial charge in [-0.05, 0) is 24.6 Å². The zero-order valence-corrected chi connectivity index (χ0v) is 13.3. The van der Waals surface area contributed by atoms with E-state index in [1.54, 1.807) is 31.2 Å². The lowest BCUT2D eigenvalue weighted by atomic mass is 10.2. The number of hydrogen-bond donors (Lipinski definition) is 0. The standard InChI is InChI=1S/C15H14O4S2/c1-4-12-10(2)13(20-15(12)21(3,17)18)14(16)19-11-8-6-5-7-9-11/h4-9H,1H2,2-3H3. The molecule has 0 spiro atoms. The molecule has 0 fully saturated rings. The maximum atomic E-state index is 12.2. The second-order valence-electron chi connectivity index (χ2n) is 4.44. The van der Waals surface area contributed by atoms with Gasteiger partial charge in [0, 0.05) is 11.8 Å². The predicted molar refractivity (Wildman–Crippen MR) is 83.7 cm³/mol. The van der Waals surface area contributed by atoms with E-state index in [2.05, 4.69) is 6.58 Å². The van der Waals surface area contributed by atoms with Crippen molar-refractivity contribution in [3.05, 3.63) is 52.9 Å². The highest BCUT2D eigenvalue weighted by molar-refractivity contribution is 7.92. The Balaban J connectivity index is 2.43. The molecule has 0 radical (unpaired) electrons. The Morgan fingerprint density at radius 1 is 1.29 bits per heavy atom. The molecular formula is C15H14O4S2. The first-order valence-corrected chi connectivity index (χ1v) is 8.78. The lowest BCUT2D eigenvalue weighted by Gasteiger charge is -2.02. The topological polar surface area (TPSA) is 60.4 Å². The first kappa shape index (κ1) is 15.5. The number of esters is 1. The van der Waals surface area contributed by atoms with Crippen LogP contribution < -0.4 is 4.74 Å². The number of benzene rings is 1. The van der Waals surface area contributed by atoms with E-state index >= 15 is 0 Å². The molecule has 21 heavy (non-hydrogen) atoms. The summed E-state index contributed by atoms with van der Waals surface area (Å²) in [5.74, 6) is -0.155. The third kappa shape index (κ3) is 3.22. The molecule has 2 rings (SSSR count). The van der Waals surface area contributed by atoms with Gasteiger partial charge in [0.2, 0.25) is 0 Å². The highest BCUT2D eigenvalue weighted by Crippen LogP contribution is 2.33. The summed E-state index contributed by atoms with van der Waals surface area (Å²) in [4.78, 5) is 12.5. The lowest BCUT2D eigenvalue weighted by molar-refractivity contribution is 0.0739. The summed E-state index contributed by atoms with van der Waals surface area (Å²) >= 11 is 0.911. The minimum absolute atomic E-state index is 0.134. The Hall–Kier alpha value is -1.92. The van der Waals surface area contributed by atoms with Crippen molar-refractivity contribution < 1.29 is 17.9 Å². The highest BCUT2D eigenvalue weighted by atomic mass is 32.2. The molecule has 1 heterocycles. The summed E-state index contributed by atoms with van der Waals surface area (Å²) in [6, 6.07) is 8.63. The third-order valence-corrected chi connectivity index (χ3v) is 5.97. The van der Waals surface area contributed by atoms with Crippen molar-refractivity contribution in [1.82, 2.24) is 0 Å². The van der Waals surface area contributed by atoms with Gasteiger partial charge in [-0.25, -0.2) is 13.2 Å². The molecular weight excluding hydrogens is 308 g/mol. The molecule has 0 saturated carbocycles. The largest absolute Gasteiger partial charge is 0.422 e. The van der Waals surface area contributed by atoms with Crippen molar-refractivity contribution in [2.45, 2.75) is 11.1 Å². The van der Waals surface area contributed by atoms with Crippen molar-refractivity contribution >= 4 is 33.2 Å². The number of thiophene rings is 1. The normalized spacial score (nSPS) is 11.1. The third-order valence-electron chi connectivity index (χ3n) is 2.84. The maximum Gasteiger partial charge on any atom is 0.354 e. The number of carbonyl (C=O) groups is 1. The van der Waals surface area contributed by atoms with Crippen LogP contribution >= 0.6 is 11.3 Å². The van der Waals surface area contributed by atoms with Gasteiger partial charge in [-0.1, -0.05) is 30.9 Å². The van der Waals surface area contributed by atoms with Crippen molar-refractivity contribution in [3.8, 4) is 5.75 Å². The minimum atomic E-state index is -3.41. The monoisotopic (exact) mass is 322 g/mol. The molecule has 0 saturated heterocycles. The van der Waals surface area contributed by atoms with E-state index in [0.29, 0.717) is 16.9 Å². The molecule has 0 aliphatic heterocycles. The van der Waals surface area contributed by atoms with Gasteiger partial charge in [0.1, 0.15) is 14.8 Å². The van der Waals surface area contributed by atoms with Crippen LogP contribution in [-0.4, -0.2) is 20.6 Å². The minimum Gasteiger partial charge on any atom is -0.422 e. The van der Waals surface area contributed by atoms with E-state index in [4.69, 9.17) is 4.74 Å². The number of para-hydroxylation sites is 1. The van der Waals surface area contributed by atoms with Gasteiger partial charge >= 0.3 is 5.97 Å². The number of carbonyl (C=O) groups excluding carboxylic acids is 1. The molecule has 0 bridgehead atoms. The summed E-state index contributed by atoms with van der Waals surface area (Å²) in [6.45, 7) is 5.30. The molecule has 0 amide bonds. The van der Waals surface area contributed by atoms with Gasteiger partial charge < -0.3 is 4.74 Å². The second-order valence-corrected chi connectivity index (χ2v) is 7.67. The smallest absolute Gasteiger partial charge is 0.354 e. The van der Waals surface area contributed by atoms with Crippen LogP contribution in [0.1, 0.15) is 20.8 Å². The summed E-state index contributed by atoms with van der Waals surface area (Å²) in [7, 11) is -3.41. The van der Waals surface area contributed by atoms with Gasteiger partial charge in [-0.3, -0.25) is 0 Å². The first-order chi connectivity index (χ1) is 9.84. The fourth-order valence-corrected chi connectivity index (χ4v) is 4.26. The second kappa shape index (κ2) is 5.83. The van der Waals surface area contributed by atoms with Crippen LogP contribution in [0.2, 0.25) is 0 Å². The number of hydrogen-bond acceptors (Lipinski definition) is 5. The molecule has 0 aliphatic carbocycles. The van der Waals surface area contributed by atoms with Gasteiger partial charge in [0.15, 0.2) is 9.84 Å². The SMILES string of the molecule is C=Cc1c(S(C)(=O)=O)sc(C(=O)Oc2ccccc2)c1C. The van der Waals surface area contributed by atoms with Crippen LogP contribution in [0.5, 0.6) is 5.75 Å². The van der Waals surface area contributed by atoms with Gasteiger partial charge in [0.25, 0.3) is 0 Å². The van der Waals surface area contributed by atoms with Crippen LogP contribution in [0, 0.1) is 6.92 Å². The molecule has 0 atom stereocenters. The molecule has 0 N–H and O–H groups in total. The van der Waals surface area contributed by atoms with Gasteiger partial charge in [-0.2, -0.15) is 0 Å². The van der Waals surface area contributed by atoms with E-state index in [1.807, 2.05) is 6.07 Å². The molecule has 6 heteroatoms. The Labute approximate surface area is 127 Å². The average molecular weight is 322 g/mol. The quantitative estimate of drug-likeness (QED) is 0.640. The Kier molecular flexibility index (Phi) is 4.29. The van der Waals surface area contributed by atoms with Crippen LogP contribution in [0.15, 0.2) is 41.1 Å². The molecule has 110 valence electrons. The summed E-state index contributed by atoms with van der Waals surface area (Å²) < 4.78 is 28.9. The molecule has 2 aromatic rings. The van der Waals surface area contributed by atoms with Crippen molar-refractivity contribution in [2.24, 2.45) is 0 Å². The van der Waals surface area contributed by atoms with Crippen LogP contribution in [0.25, 0.3) is 6.08 Å². The summed E-state index contributed by atoms with van der Waals surface area (Å²) in [5.41, 5.74) is 1.03. The Morgan fingerprint density at radius 2 is 1.90 bits per heavy atom. The van der Waals surface area contributed by atoms with E-state index in [9.17, 15) is 13.2 Å². The molecule has 4 nitrogen and oxygen atoms in total. The summed E-state index contributed by atoms with van der Waals surface area (Å²) in [5, 5.41) is 0. The van der Waals surface area contributed by atoms with E-state index in [1.165, 1.54) is 6.08 Å². The lowest BCUT2D eigenvalue weighted by Crippen LogP contribution is -2.07. The van der Waals surface area contributed by atoms with E-state index in [0.717, 1.165) is 17.6 Å². The van der Waals surface area contributed by atoms with E-state index in [-0.39, 0.29) is 9.09 Å². The molecule has 1 aromatic heterocycles. The molecule has 0 aliphatic rings. The number of ether oxygens (including phenoxy) is 1. The molecule has 1 aromatic carbocycles. The number of sulfone groups is 1. The zero-order valence-electron chi connectivity index (χ0n) is 11.6. The van der Waals surface area contributed by atoms with Crippen molar-refractivity contribution in [2.75, 3.05) is 6.26 Å². The number of rotatable bonds is 4. The Bertz CT molecular complexity index is 787. The van der Waals surface area contributed by atoms with Crippen LogP contribution in [0.4, 0.5) is 0 Å². The van der Waals surface area contributed by atoms with Gasteiger partial charge in [-0.15, -0.1) is 11.3 Å². The highest BCUT2D eigenvalue weighted by Gasteiger charge is 2.24. The maximum absolute atomic E-state index is 12.2. The predicted octanol–water partition coefficient (Wildman–Crippen LogP) is 3.32. The fourth-order valence-electron chi connectivity index (χ4n) is 1.85. The van der Waals surface area contributed by atoms with Crippen molar-refractivity contribution in [1.29, 1.82) is 0 Å². The van der Waals surface area contributed by atoms with E-state index < -0.39 is 15.8 Å². The van der Waals surface area contributed by atoms with Gasteiger partial charge in [0.05, 0.1) is 0 Å². The van der Waals surface area contributed by atoms with Crippen LogP contribution in [-0.2, 0) is 9.84 Å². The van der Waals surface area contributed by atoms with Crippen LogP contribution in [0.3, 0.4) is 0 Å². The first-order valence-electron chi connectivity index (χ1n) is 6.07. The molecule has 0 unspecified atom stereocenters. The van der Waals surface area contributed by atoms with Crippen molar-refractivity contribution in [3.63, 3.8) is 0 Å². The average Bonchev–Trinajstić information content (AvgIpc) is 2.76. The zero-order chi connectivity index (χ0) is 15.6.